The molecule has 4 aromatic rings. The molecule has 4 rings (SSSR count). The molecule has 0 amide bonds. The number of ether oxygens (including phenoxy) is 1. The van der Waals surface area contributed by atoms with Gasteiger partial charge in [0.05, 0.1) is 19.1 Å². The van der Waals surface area contributed by atoms with Gasteiger partial charge in [-0.15, -0.1) is 0 Å². The van der Waals surface area contributed by atoms with Gasteiger partial charge in [0.2, 0.25) is 5.89 Å². The molecule has 10 heteroatoms. The van der Waals surface area contributed by atoms with Gasteiger partial charge in [-0.05, 0) is 26.0 Å². The molecule has 0 fully saturated rings. The van der Waals surface area contributed by atoms with E-state index in [1.54, 1.807) is 23.6 Å². The Balaban J connectivity index is 1.89. The van der Waals surface area contributed by atoms with Gasteiger partial charge in [-0.3, -0.25) is 9.36 Å². The summed E-state index contributed by atoms with van der Waals surface area (Å²) in [6.45, 7) is 3.93. The molecule has 0 unspecified atom stereocenters. The summed E-state index contributed by atoms with van der Waals surface area (Å²) in [6.07, 6.45) is 2.63. The first-order valence-electron chi connectivity index (χ1n) is 9.25. The zero-order valence-electron chi connectivity index (χ0n) is 16.7. The lowest BCUT2D eigenvalue weighted by Crippen LogP contribution is -2.39. The Labute approximate surface area is 170 Å². The third-order valence-corrected chi connectivity index (χ3v) is 4.76. The third-order valence-electron chi connectivity index (χ3n) is 4.76. The highest BCUT2D eigenvalue weighted by Crippen LogP contribution is 2.15. The van der Waals surface area contributed by atoms with E-state index in [-0.39, 0.29) is 35.8 Å². The monoisotopic (exact) mass is 409 g/mol. The van der Waals surface area contributed by atoms with Gasteiger partial charge < -0.3 is 13.7 Å². The minimum atomic E-state index is -0.623. The molecule has 0 aliphatic heterocycles. The number of imidazole rings is 1. The summed E-state index contributed by atoms with van der Waals surface area (Å²) in [5, 5.41) is 0. The Morgan fingerprint density at radius 3 is 2.60 bits per heavy atom. The second-order valence-electron chi connectivity index (χ2n) is 6.67. The minimum Gasteiger partial charge on any atom is -0.464 e. The first-order valence-corrected chi connectivity index (χ1v) is 9.25. The van der Waals surface area contributed by atoms with Gasteiger partial charge in [0.1, 0.15) is 12.8 Å². The Morgan fingerprint density at radius 2 is 1.93 bits per heavy atom. The van der Waals surface area contributed by atoms with Crippen LogP contribution < -0.4 is 11.2 Å². The summed E-state index contributed by atoms with van der Waals surface area (Å²) in [6, 6.07) is 7.37. The molecule has 3 heterocycles. The molecule has 0 radical (unpaired) electrons. The Bertz CT molecular complexity index is 1360. The van der Waals surface area contributed by atoms with Crippen LogP contribution in [0.4, 0.5) is 0 Å². The van der Waals surface area contributed by atoms with Crippen LogP contribution in [-0.2, 0) is 17.8 Å². The number of benzene rings is 1. The number of nitrogens with zero attached hydrogens (tertiary/aromatic N) is 5. The molecule has 154 valence electrons. The number of carbonyl (C=O) groups excluding carboxylic acids is 1. The van der Waals surface area contributed by atoms with Gasteiger partial charge in [0, 0.05) is 6.54 Å². The molecule has 0 atom stereocenters. The standard InChI is InChI=1S/C20H19N5O5/c1-4-24-18(26)16-17(25(20(24)28)13-7-5-12(2)6-8-13)21-11-23(16)9-15-22-14(10-30-15)19(27)29-3/h5-8,10-11H,4,9H2,1-3H3. The highest BCUT2D eigenvalue weighted by molar-refractivity contribution is 5.86. The van der Waals surface area contributed by atoms with Gasteiger partial charge in [0.25, 0.3) is 5.56 Å². The molecule has 30 heavy (non-hydrogen) atoms. The molecule has 0 aliphatic carbocycles. The maximum Gasteiger partial charge on any atom is 0.360 e. The van der Waals surface area contributed by atoms with E-state index in [0.29, 0.717) is 5.69 Å². The van der Waals surface area contributed by atoms with Crippen LogP contribution in [0.25, 0.3) is 16.9 Å². The number of oxazole rings is 1. The van der Waals surface area contributed by atoms with Gasteiger partial charge >= 0.3 is 11.7 Å². The maximum atomic E-state index is 13.0. The lowest BCUT2D eigenvalue weighted by molar-refractivity contribution is 0.0594. The smallest absolute Gasteiger partial charge is 0.360 e. The number of carbonyl (C=O) groups is 1. The SMILES string of the molecule is CCn1c(=O)c2c(ncn2Cc2nc(C(=O)OC)co2)n(-c2ccc(C)cc2)c1=O. The van der Waals surface area contributed by atoms with Crippen molar-refractivity contribution in [3.8, 4) is 5.69 Å². The topological polar surface area (TPSA) is 114 Å². The van der Waals surface area contributed by atoms with Crippen LogP contribution in [0.15, 0.2) is 50.9 Å². The van der Waals surface area contributed by atoms with Crippen molar-refractivity contribution in [3.05, 3.63) is 74.8 Å². The summed E-state index contributed by atoms with van der Waals surface area (Å²) in [7, 11) is 1.25. The van der Waals surface area contributed by atoms with Gasteiger partial charge in [0.15, 0.2) is 16.9 Å². The van der Waals surface area contributed by atoms with E-state index < -0.39 is 17.2 Å². The summed E-state index contributed by atoms with van der Waals surface area (Å²) >= 11 is 0. The second-order valence-corrected chi connectivity index (χ2v) is 6.67. The molecule has 0 saturated carbocycles. The molecule has 0 aliphatic rings. The zero-order chi connectivity index (χ0) is 21.4. The average molecular weight is 409 g/mol. The number of methoxy groups -OCH3 is 1. The molecule has 0 saturated heterocycles. The van der Waals surface area contributed by atoms with Crippen molar-refractivity contribution in [1.29, 1.82) is 0 Å². The van der Waals surface area contributed by atoms with Crippen LogP contribution in [0.3, 0.4) is 0 Å². The summed E-state index contributed by atoms with van der Waals surface area (Å²) in [5.41, 5.74) is 1.22. The molecule has 0 bridgehead atoms. The quantitative estimate of drug-likeness (QED) is 0.459. The fourth-order valence-corrected chi connectivity index (χ4v) is 3.23. The predicted molar refractivity (Wildman–Crippen MR) is 107 cm³/mol. The van der Waals surface area contributed by atoms with Crippen LogP contribution in [0.5, 0.6) is 0 Å². The fraction of sp³-hybridized carbons (Fsp3) is 0.250. The van der Waals surface area contributed by atoms with Crippen molar-refractivity contribution in [2.24, 2.45) is 0 Å². The van der Waals surface area contributed by atoms with Crippen LogP contribution in [0.2, 0.25) is 0 Å². The maximum absolute atomic E-state index is 13.0. The Kier molecular flexibility index (Phi) is 4.82. The molecule has 0 spiro atoms. The van der Waals surface area contributed by atoms with Crippen LogP contribution >= 0.6 is 0 Å². The summed E-state index contributed by atoms with van der Waals surface area (Å²) < 4.78 is 14.0. The van der Waals surface area contributed by atoms with Gasteiger partial charge in [-0.2, -0.15) is 0 Å². The van der Waals surface area contributed by atoms with E-state index in [4.69, 9.17) is 4.42 Å². The van der Waals surface area contributed by atoms with E-state index in [9.17, 15) is 14.4 Å². The highest BCUT2D eigenvalue weighted by atomic mass is 16.5. The van der Waals surface area contributed by atoms with E-state index in [2.05, 4.69) is 14.7 Å². The van der Waals surface area contributed by atoms with Gasteiger partial charge in [-0.1, -0.05) is 17.7 Å². The number of hydrogen-bond donors (Lipinski definition) is 0. The number of rotatable bonds is 5. The largest absolute Gasteiger partial charge is 0.464 e. The van der Waals surface area contributed by atoms with E-state index in [1.807, 2.05) is 19.1 Å². The van der Waals surface area contributed by atoms with Crippen molar-refractivity contribution < 1.29 is 13.9 Å². The molecule has 1 aromatic carbocycles. The van der Waals surface area contributed by atoms with Crippen LogP contribution in [0, 0.1) is 6.92 Å². The zero-order valence-corrected chi connectivity index (χ0v) is 16.7. The third kappa shape index (κ3) is 3.11. The highest BCUT2D eigenvalue weighted by Gasteiger charge is 2.20. The first-order chi connectivity index (χ1) is 14.4. The lowest BCUT2D eigenvalue weighted by Gasteiger charge is -2.11. The van der Waals surface area contributed by atoms with Crippen molar-refractivity contribution >= 4 is 17.1 Å². The van der Waals surface area contributed by atoms with Crippen LogP contribution in [-0.4, -0.2) is 36.7 Å². The number of fused-ring (bicyclic) bond motifs is 1. The lowest BCUT2D eigenvalue weighted by atomic mass is 10.2. The predicted octanol–water partition coefficient (Wildman–Crippen LogP) is 1.50. The molecular weight excluding hydrogens is 390 g/mol. The summed E-state index contributed by atoms with van der Waals surface area (Å²) in [4.78, 5) is 46.0. The first kappa shape index (κ1) is 19.4. The number of aromatic nitrogens is 5. The average Bonchev–Trinajstić information content (AvgIpc) is 3.37. The fourth-order valence-electron chi connectivity index (χ4n) is 3.23. The molecular formula is C20H19N5O5. The second kappa shape index (κ2) is 7.47. The molecule has 10 nitrogen and oxygen atoms in total. The number of esters is 1. The Morgan fingerprint density at radius 1 is 1.20 bits per heavy atom. The number of aryl methyl sites for hydroxylation is 1. The van der Waals surface area contributed by atoms with Crippen LogP contribution in [0.1, 0.15) is 28.9 Å². The normalized spacial score (nSPS) is 11.2. The number of hydrogen-bond acceptors (Lipinski definition) is 7. The van der Waals surface area contributed by atoms with Crippen molar-refractivity contribution in [3.63, 3.8) is 0 Å². The van der Waals surface area contributed by atoms with E-state index >= 15 is 0 Å². The van der Waals surface area contributed by atoms with E-state index in [0.717, 1.165) is 10.1 Å². The van der Waals surface area contributed by atoms with Gasteiger partial charge in [-0.25, -0.2) is 24.1 Å². The molecule has 3 aromatic heterocycles. The van der Waals surface area contributed by atoms with E-state index in [1.165, 1.54) is 24.3 Å². The molecule has 0 N–H and O–H groups in total. The Hall–Kier alpha value is -3.95. The van der Waals surface area contributed by atoms with Crippen molar-refractivity contribution in [2.45, 2.75) is 26.9 Å². The minimum absolute atomic E-state index is 0.0273. The van der Waals surface area contributed by atoms with Crippen molar-refractivity contribution in [1.82, 2.24) is 23.7 Å². The summed E-state index contributed by atoms with van der Waals surface area (Å²) in [5.74, 6) is -0.424. The van der Waals surface area contributed by atoms with Crippen molar-refractivity contribution in [2.75, 3.05) is 7.11 Å².